The van der Waals surface area contributed by atoms with Crippen LogP contribution in [-0.4, -0.2) is 18.9 Å². The van der Waals surface area contributed by atoms with Crippen LogP contribution in [0, 0.1) is 11.3 Å². The number of rotatable bonds is 8. The molecule has 0 aliphatic heterocycles. The smallest absolute Gasteiger partial charge is 0.306 e. The Hall–Kier alpha value is -1.12. The molecule has 0 aromatic heterocycles. The third-order valence-electron chi connectivity index (χ3n) is 4.75. The maximum absolute atomic E-state index is 12.5. The van der Waals surface area contributed by atoms with Crippen molar-refractivity contribution in [3.05, 3.63) is 12.7 Å². The van der Waals surface area contributed by atoms with Crippen molar-refractivity contribution in [1.82, 2.24) is 0 Å². The van der Waals surface area contributed by atoms with Crippen LogP contribution in [-0.2, 0) is 14.3 Å². The van der Waals surface area contributed by atoms with Gasteiger partial charge >= 0.3 is 5.97 Å². The normalized spacial score (nSPS) is 26.3. The van der Waals surface area contributed by atoms with Crippen LogP contribution in [0.25, 0.3) is 0 Å². The highest BCUT2D eigenvalue weighted by molar-refractivity contribution is 5.89. The van der Waals surface area contributed by atoms with E-state index in [0.717, 1.165) is 38.5 Å². The molecule has 0 saturated heterocycles. The lowest BCUT2D eigenvalue weighted by molar-refractivity contribution is -0.149. The number of hydrogen-bond acceptors (Lipinski definition) is 3. The van der Waals surface area contributed by atoms with Crippen molar-refractivity contribution in [2.45, 2.75) is 64.7 Å². The lowest BCUT2D eigenvalue weighted by atomic mass is 9.65. The van der Waals surface area contributed by atoms with Gasteiger partial charge in [0.2, 0.25) is 0 Å². The molecule has 0 heterocycles. The third kappa shape index (κ3) is 4.46. The molecule has 2 atom stereocenters. The third-order valence-corrected chi connectivity index (χ3v) is 4.75. The summed E-state index contributed by atoms with van der Waals surface area (Å²) in [6.07, 6.45) is 9.98. The van der Waals surface area contributed by atoms with Gasteiger partial charge in [0.15, 0.2) is 0 Å². The summed E-state index contributed by atoms with van der Waals surface area (Å²) in [6, 6.07) is 0. The van der Waals surface area contributed by atoms with Crippen molar-refractivity contribution in [3.8, 4) is 0 Å². The van der Waals surface area contributed by atoms with Gasteiger partial charge in [-0.3, -0.25) is 9.59 Å². The minimum Gasteiger partial charge on any atom is -0.469 e. The molecule has 3 heteroatoms. The largest absolute Gasteiger partial charge is 0.469 e. The van der Waals surface area contributed by atoms with Gasteiger partial charge in [-0.1, -0.05) is 25.8 Å². The maximum Gasteiger partial charge on any atom is 0.306 e. The minimum atomic E-state index is -0.454. The van der Waals surface area contributed by atoms with E-state index in [-0.39, 0.29) is 18.2 Å². The minimum absolute atomic E-state index is 0.252. The monoisotopic (exact) mass is 280 g/mol. The zero-order valence-electron chi connectivity index (χ0n) is 13.0. The van der Waals surface area contributed by atoms with Crippen molar-refractivity contribution >= 4 is 11.8 Å². The predicted molar refractivity (Wildman–Crippen MR) is 80.4 cm³/mol. The van der Waals surface area contributed by atoms with Gasteiger partial charge in [-0.15, -0.1) is 6.58 Å². The number of ether oxygens (including phenoxy) is 1. The Morgan fingerprint density at radius 2 is 2.25 bits per heavy atom. The first-order chi connectivity index (χ1) is 9.57. The van der Waals surface area contributed by atoms with Gasteiger partial charge in [-0.25, -0.2) is 0 Å². The van der Waals surface area contributed by atoms with E-state index in [9.17, 15) is 9.59 Å². The number of esters is 1. The van der Waals surface area contributed by atoms with E-state index in [1.807, 2.05) is 13.0 Å². The highest BCUT2D eigenvalue weighted by Gasteiger charge is 2.42. The number of ketones is 1. The van der Waals surface area contributed by atoms with Crippen LogP contribution in [0.1, 0.15) is 64.7 Å². The molecule has 0 aromatic rings. The molecule has 0 N–H and O–H groups in total. The van der Waals surface area contributed by atoms with Gasteiger partial charge in [0, 0.05) is 11.8 Å². The topological polar surface area (TPSA) is 43.4 Å². The van der Waals surface area contributed by atoms with Crippen molar-refractivity contribution in [1.29, 1.82) is 0 Å². The van der Waals surface area contributed by atoms with Gasteiger partial charge in [0.25, 0.3) is 0 Å². The van der Waals surface area contributed by atoms with Crippen LogP contribution in [0.2, 0.25) is 0 Å². The molecule has 0 bridgehead atoms. The molecule has 3 nitrogen and oxygen atoms in total. The van der Waals surface area contributed by atoms with Crippen LogP contribution in [0.3, 0.4) is 0 Å². The Bertz CT molecular complexity index is 348. The summed E-state index contributed by atoms with van der Waals surface area (Å²) in [5.74, 6) is 0.514. The van der Waals surface area contributed by atoms with Crippen molar-refractivity contribution in [2.24, 2.45) is 11.3 Å². The second-order valence-corrected chi connectivity index (χ2v) is 5.99. The van der Waals surface area contributed by atoms with E-state index in [0.29, 0.717) is 12.3 Å². The first-order valence-electron chi connectivity index (χ1n) is 7.79. The quantitative estimate of drug-likeness (QED) is 0.382. The summed E-state index contributed by atoms with van der Waals surface area (Å²) < 4.78 is 4.75. The molecule has 114 valence electrons. The number of carbonyl (C=O) groups is 2. The van der Waals surface area contributed by atoms with Gasteiger partial charge in [0.1, 0.15) is 5.78 Å². The molecule has 1 aliphatic carbocycles. The Balaban J connectivity index is 2.50. The first-order valence-corrected chi connectivity index (χ1v) is 7.79. The lowest BCUT2D eigenvalue weighted by Gasteiger charge is -2.37. The van der Waals surface area contributed by atoms with E-state index in [2.05, 4.69) is 6.58 Å². The summed E-state index contributed by atoms with van der Waals surface area (Å²) in [6.45, 7) is 5.73. The second-order valence-electron chi connectivity index (χ2n) is 5.99. The summed E-state index contributed by atoms with van der Waals surface area (Å²) in [4.78, 5) is 24.0. The summed E-state index contributed by atoms with van der Waals surface area (Å²) in [7, 11) is 1.39. The number of allylic oxidation sites excluding steroid dienone is 1. The van der Waals surface area contributed by atoms with E-state index in [1.54, 1.807) is 0 Å². The summed E-state index contributed by atoms with van der Waals surface area (Å²) in [5.41, 5.74) is -0.454. The van der Waals surface area contributed by atoms with Crippen LogP contribution in [0.15, 0.2) is 12.7 Å². The number of unbranched alkanes of at least 4 members (excludes halogenated alkanes) is 2. The average Bonchev–Trinajstić information content (AvgIpc) is 2.46. The van der Waals surface area contributed by atoms with Crippen LogP contribution >= 0.6 is 0 Å². The molecule has 0 spiro atoms. The summed E-state index contributed by atoms with van der Waals surface area (Å²) >= 11 is 0. The predicted octanol–water partition coefficient (Wildman–Crippen LogP) is 4.06. The fourth-order valence-corrected chi connectivity index (χ4v) is 3.20. The van der Waals surface area contributed by atoms with Crippen molar-refractivity contribution < 1.29 is 14.3 Å². The highest BCUT2D eigenvalue weighted by Crippen LogP contribution is 2.43. The number of methoxy groups -OCH3 is 1. The van der Waals surface area contributed by atoms with Gasteiger partial charge in [0.05, 0.1) is 13.5 Å². The average molecular weight is 280 g/mol. The van der Waals surface area contributed by atoms with Crippen LogP contribution in [0.5, 0.6) is 0 Å². The second kappa shape index (κ2) is 8.23. The van der Waals surface area contributed by atoms with Crippen molar-refractivity contribution in [3.63, 3.8) is 0 Å². The van der Waals surface area contributed by atoms with Gasteiger partial charge in [-0.05, 0) is 38.0 Å². The number of hydrogen-bond donors (Lipinski definition) is 0. The fourth-order valence-electron chi connectivity index (χ4n) is 3.20. The molecular formula is C17H28O3. The molecule has 0 amide bonds. The molecule has 0 radical (unpaired) electrons. The first kappa shape index (κ1) is 16.9. The standard InChI is InChI=1S/C17H28O3/c1-4-6-7-8-9-14-10-11-17(5-2,15(18)12-14)13-16(19)20-3/h4,14H,1,5-13H2,2-3H3. The molecule has 1 saturated carbocycles. The molecule has 0 aromatic carbocycles. The van der Waals surface area contributed by atoms with Crippen LogP contribution < -0.4 is 0 Å². The van der Waals surface area contributed by atoms with E-state index < -0.39 is 5.41 Å². The molecule has 20 heavy (non-hydrogen) atoms. The zero-order valence-corrected chi connectivity index (χ0v) is 13.0. The molecule has 2 unspecified atom stereocenters. The molecule has 1 aliphatic rings. The Kier molecular flexibility index (Phi) is 6.97. The maximum atomic E-state index is 12.5. The zero-order chi connectivity index (χ0) is 15.0. The number of carbonyl (C=O) groups excluding carboxylic acids is 2. The lowest BCUT2D eigenvalue weighted by Crippen LogP contribution is -2.38. The summed E-state index contributed by atoms with van der Waals surface area (Å²) in [5, 5.41) is 0. The highest BCUT2D eigenvalue weighted by atomic mass is 16.5. The van der Waals surface area contributed by atoms with Crippen molar-refractivity contribution in [2.75, 3.05) is 7.11 Å². The molecule has 1 rings (SSSR count). The van der Waals surface area contributed by atoms with E-state index in [1.165, 1.54) is 13.5 Å². The van der Waals surface area contributed by atoms with Crippen LogP contribution in [0.4, 0.5) is 0 Å². The molecular weight excluding hydrogens is 252 g/mol. The Morgan fingerprint density at radius 3 is 2.80 bits per heavy atom. The van der Waals surface area contributed by atoms with E-state index >= 15 is 0 Å². The van der Waals surface area contributed by atoms with Gasteiger partial charge in [-0.2, -0.15) is 0 Å². The SMILES string of the molecule is C=CCCCCC1CCC(CC)(CC(=O)OC)C(=O)C1. The molecule has 1 fully saturated rings. The number of Topliss-reactive ketones (excluding diaryl/α,β-unsaturated/α-hetero) is 1. The van der Waals surface area contributed by atoms with E-state index in [4.69, 9.17) is 4.74 Å². The van der Waals surface area contributed by atoms with Gasteiger partial charge < -0.3 is 4.74 Å². The fraction of sp³-hybridized carbons (Fsp3) is 0.765. The Labute approximate surface area is 122 Å². The Morgan fingerprint density at radius 1 is 1.50 bits per heavy atom.